The van der Waals surface area contributed by atoms with Gasteiger partial charge < -0.3 is 71.6 Å². The van der Waals surface area contributed by atoms with Gasteiger partial charge in [0.2, 0.25) is 0 Å². The van der Waals surface area contributed by atoms with E-state index >= 15 is 0 Å². The lowest BCUT2D eigenvalue weighted by Gasteiger charge is -2.36. The quantitative estimate of drug-likeness (QED) is 0.0294. The Morgan fingerprint density at radius 3 is 0.935 bits per heavy atom. The third kappa shape index (κ3) is 23.0. The molecular formula is C61H81NO15. The molecule has 0 atom stereocenters. The molecule has 1 aliphatic carbocycles. The topological polar surface area (TPSA) is 158 Å². The minimum atomic E-state index is -0.761. The number of carbonyl (C=O) groups is 1. The highest BCUT2D eigenvalue weighted by atomic mass is 16.6. The lowest BCUT2D eigenvalue weighted by atomic mass is 9.80. The Kier molecular flexibility index (Phi) is 31.1. The van der Waals surface area contributed by atoms with Crippen molar-refractivity contribution in [1.82, 2.24) is 5.32 Å². The van der Waals surface area contributed by atoms with E-state index in [1.54, 1.807) is 0 Å². The van der Waals surface area contributed by atoms with Crippen LogP contribution in [0.15, 0.2) is 140 Å². The minimum absolute atomic E-state index is 0.0433. The van der Waals surface area contributed by atoms with Crippen molar-refractivity contribution in [3.63, 3.8) is 0 Å². The number of rotatable bonds is 46. The van der Waals surface area contributed by atoms with Crippen LogP contribution in [0.2, 0.25) is 0 Å². The van der Waals surface area contributed by atoms with Crippen molar-refractivity contribution in [2.45, 2.75) is 17.9 Å². The summed E-state index contributed by atoms with van der Waals surface area (Å²) in [6, 6.07) is 47.5. The van der Waals surface area contributed by atoms with E-state index in [9.17, 15) is 4.79 Å². The molecule has 6 rings (SSSR count). The van der Waals surface area contributed by atoms with Crippen molar-refractivity contribution in [2.24, 2.45) is 0 Å². The molecule has 1 aliphatic rings. The summed E-state index contributed by atoms with van der Waals surface area (Å²) in [5, 5.41) is 2.81. The zero-order valence-corrected chi connectivity index (χ0v) is 44.8. The Hall–Kier alpha value is -5.15. The maximum absolute atomic E-state index is 12.3. The lowest BCUT2D eigenvalue weighted by Crippen LogP contribution is -2.34. The second kappa shape index (κ2) is 39.2. The largest absolute Gasteiger partial charge is 0.449 e. The van der Waals surface area contributed by atoms with E-state index in [0.717, 1.165) is 16.7 Å². The molecule has 0 spiro atoms. The number of fused-ring (bicyclic) bond motifs is 3. The van der Waals surface area contributed by atoms with Gasteiger partial charge >= 0.3 is 6.09 Å². The molecule has 0 saturated carbocycles. The van der Waals surface area contributed by atoms with Crippen molar-refractivity contribution < 1.29 is 71.1 Å². The monoisotopic (exact) mass is 1070 g/mol. The van der Waals surface area contributed by atoms with Crippen LogP contribution in [0.1, 0.15) is 40.2 Å². The maximum Gasteiger partial charge on any atom is 0.407 e. The SMILES string of the molecule is O=C(NCCCOCCOCCOCCOCCOCCOCCOCCOCCOCCOCCOCCOCCOC(c1ccccc1)(c1ccccc1)c1ccccc1)OCC1c2ccccc2-c2ccccc21. The molecule has 1 amide bonds. The van der Waals surface area contributed by atoms with Crippen LogP contribution < -0.4 is 5.32 Å². The number of ether oxygens (including phenoxy) is 14. The number of carbonyl (C=O) groups excluding carboxylic acids is 1. The Balaban J connectivity index is 0.598. The molecule has 0 aromatic heterocycles. The van der Waals surface area contributed by atoms with Gasteiger partial charge in [-0.25, -0.2) is 4.79 Å². The van der Waals surface area contributed by atoms with E-state index in [2.05, 4.69) is 66.0 Å². The molecule has 0 radical (unpaired) electrons. The van der Waals surface area contributed by atoms with Gasteiger partial charge in [0.05, 0.1) is 159 Å². The number of benzene rings is 5. The first-order chi connectivity index (χ1) is 38.3. The van der Waals surface area contributed by atoms with Crippen LogP contribution in [-0.4, -0.2) is 184 Å². The predicted octanol–water partition coefficient (Wildman–Crippen LogP) is 8.12. The maximum atomic E-state index is 12.3. The van der Waals surface area contributed by atoms with E-state index in [-0.39, 0.29) is 5.92 Å². The fourth-order valence-electron chi connectivity index (χ4n) is 8.56. The standard InChI is InChI=1S/C61H81NO15/c63-60(76-51-59-57-23-12-10-21-55(57)56-22-11-13-24-58(56)59)62-25-14-26-64-27-28-65-29-30-66-31-32-67-33-34-68-35-36-69-37-38-70-39-40-71-41-42-72-43-44-73-45-46-74-47-48-75-49-50-77-61(52-15-4-1-5-16-52,53-17-6-2-7-18-53)54-19-8-3-9-20-54/h1-13,15-24,59H,14,25-51H2,(H,62,63). The van der Waals surface area contributed by atoms with E-state index in [1.807, 2.05) is 78.9 Å². The minimum Gasteiger partial charge on any atom is -0.449 e. The highest BCUT2D eigenvalue weighted by Crippen LogP contribution is 2.44. The molecule has 5 aromatic carbocycles. The molecule has 1 N–H and O–H groups in total. The fourth-order valence-corrected chi connectivity index (χ4v) is 8.56. The van der Waals surface area contributed by atoms with Crippen LogP contribution in [0.25, 0.3) is 11.1 Å². The normalized spacial score (nSPS) is 12.2. The van der Waals surface area contributed by atoms with E-state index < -0.39 is 11.7 Å². The molecule has 420 valence electrons. The van der Waals surface area contributed by atoms with Crippen LogP contribution in [0, 0.1) is 0 Å². The first-order valence-electron chi connectivity index (χ1n) is 27.1. The highest BCUT2D eigenvalue weighted by molar-refractivity contribution is 5.79. The van der Waals surface area contributed by atoms with Gasteiger partial charge in [0.15, 0.2) is 0 Å². The molecule has 77 heavy (non-hydrogen) atoms. The fraction of sp³-hybridized carbons (Fsp3) is 0.492. The number of nitrogens with one attached hydrogen (secondary N) is 1. The molecule has 0 unspecified atom stereocenters. The lowest BCUT2D eigenvalue weighted by molar-refractivity contribution is -0.0399. The zero-order chi connectivity index (χ0) is 53.4. The van der Waals surface area contributed by atoms with Gasteiger partial charge in [0.25, 0.3) is 0 Å². The smallest absolute Gasteiger partial charge is 0.407 e. The summed E-state index contributed by atoms with van der Waals surface area (Å²) < 4.78 is 79.5. The summed E-state index contributed by atoms with van der Waals surface area (Å²) in [6.45, 7) is 12.7. The predicted molar refractivity (Wildman–Crippen MR) is 293 cm³/mol. The van der Waals surface area contributed by atoms with Crippen LogP contribution >= 0.6 is 0 Å². The molecule has 0 fully saturated rings. The van der Waals surface area contributed by atoms with Gasteiger partial charge in [-0.05, 0) is 45.4 Å². The average Bonchev–Trinajstić information content (AvgIpc) is 3.84. The second-order valence-electron chi connectivity index (χ2n) is 17.6. The molecule has 16 heteroatoms. The van der Waals surface area contributed by atoms with Crippen molar-refractivity contribution >= 4 is 6.09 Å². The molecule has 0 saturated heterocycles. The summed E-state index contributed by atoms with van der Waals surface area (Å²) in [5.41, 5.74) is 7.22. The van der Waals surface area contributed by atoms with Crippen LogP contribution in [0.3, 0.4) is 0 Å². The van der Waals surface area contributed by atoms with E-state index in [0.29, 0.717) is 185 Å². The van der Waals surface area contributed by atoms with Gasteiger partial charge in [-0.1, -0.05) is 140 Å². The van der Waals surface area contributed by atoms with Crippen LogP contribution in [0.4, 0.5) is 4.79 Å². The third-order valence-electron chi connectivity index (χ3n) is 12.3. The van der Waals surface area contributed by atoms with Gasteiger partial charge in [-0.2, -0.15) is 0 Å². The number of alkyl carbamates (subject to hydrolysis) is 1. The van der Waals surface area contributed by atoms with Gasteiger partial charge in [0, 0.05) is 19.1 Å². The molecule has 16 nitrogen and oxygen atoms in total. The third-order valence-corrected chi connectivity index (χ3v) is 12.3. The Morgan fingerprint density at radius 1 is 0.338 bits per heavy atom. The summed E-state index contributed by atoms with van der Waals surface area (Å²) in [4.78, 5) is 12.3. The number of hydrogen-bond acceptors (Lipinski definition) is 15. The molecule has 5 aromatic rings. The van der Waals surface area contributed by atoms with Crippen LogP contribution in [-0.2, 0) is 71.9 Å². The van der Waals surface area contributed by atoms with Gasteiger partial charge in [-0.15, -0.1) is 0 Å². The second-order valence-corrected chi connectivity index (χ2v) is 17.6. The summed E-state index contributed by atoms with van der Waals surface area (Å²) in [5.74, 6) is 0.0433. The molecule has 0 bridgehead atoms. The van der Waals surface area contributed by atoms with Crippen molar-refractivity contribution in [3.8, 4) is 11.1 Å². The first-order valence-corrected chi connectivity index (χ1v) is 27.1. The highest BCUT2D eigenvalue weighted by Gasteiger charge is 2.37. The molecule has 0 heterocycles. The summed E-state index contributed by atoms with van der Waals surface area (Å²) in [7, 11) is 0. The van der Waals surface area contributed by atoms with Gasteiger partial charge in [-0.3, -0.25) is 0 Å². The summed E-state index contributed by atoms with van der Waals surface area (Å²) in [6.07, 6.45) is 0.260. The van der Waals surface area contributed by atoms with E-state index in [4.69, 9.17) is 66.3 Å². The Labute approximate surface area is 455 Å². The van der Waals surface area contributed by atoms with Gasteiger partial charge in [0.1, 0.15) is 12.2 Å². The average molecular weight is 1070 g/mol. The zero-order valence-electron chi connectivity index (χ0n) is 44.8. The molecule has 0 aliphatic heterocycles. The Bertz CT molecular complexity index is 2100. The number of hydrogen-bond donors (Lipinski definition) is 1. The molecular weight excluding hydrogens is 987 g/mol. The Morgan fingerprint density at radius 2 is 0.610 bits per heavy atom. The van der Waals surface area contributed by atoms with Crippen molar-refractivity contribution in [1.29, 1.82) is 0 Å². The first kappa shape index (κ1) is 61.1. The van der Waals surface area contributed by atoms with Crippen molar-refractivity contribution in [3.05, 3.63) is 167 Å². The van der Waals surface area contributed by atoms with Crippen molar-refractivity contribution in [2.75, 3.05) is 178 Å². The summed E-state index contributed by atoms with van der Waals surface area (Å²) >= 11 is 0. The van der Waals surface area contributed by atoms with Crippen LogP contribution in [0.5, 0.6) is 0 Å². The number of amides is 1. The van der Waals surface area contributed by atoms with E-state index in [1.165, 1.54) is 22.3 Å².